The number of aromatic nitrogens is 1. The number of carbonyl (C=O) groups is 1. The molecule has 0 atom stereocenters. The van der Waals surface area contributed by atoms with E-state index >= 15 is 0 Å². The summed E-state index contributed by atoms with van der Waals surface area (Å²) in [5, 5.41) is 1.01. The first kappa shape index (κ1) is 14.0. The summed E-state index contributed by atoms with van der Waals surface area (Å²) in [6, 6.07) is 10.0. The summed E-state index contributed by atoms with van der Waals surface area (Å²) < 4.78 is 0. The smallest absolute Gasteiger partial charge is 0.254 e. The number of benzene rings is 1. The van der Waals surface area contributed by atoms with Gasteiger partial charge in [0.15, 0.2) is 0 Å². The van der Waals surface area contributed by atoms with E-state index in [1.165, 1.54) is 6.42 Å². The molecule has 0 unspecified atom stereocenters. The number of fused-ring (bicyclic) bond motifs is 1. The van der Waals surface area contributed by atoms with Crippen LogP contribution in [0.3, 0.4) is 0 Å². The van der Waals surface area contributed by atoms with Crippen LogP contribution in [0.5, 0.6) is 0 Å². The fraction of sp³-hybridized carbons (Fsp3) is 0.412. The molecule has 1 saturated carbocycles. The number of amides is 1. The highest BCUT2D eigenvalue weighted by atomic mass is 16.2. The molecule has 3 rings (SSSR count). The van der Waals surface area contributed by atoms with Crippen LogP contribution in [0.4, 0.5) is 0 Å². The fourth-order valence-corrected chi connectivity index (χ4v) is 2.78. The summed E-state index contributed by atoms with van der Waals surface area (Å²) in [6.45, 7) is 1.38. The van der Waals surface area contributed by atoms with E-state index < -0.39 is 0 Å². The third-order valence-corrected chi connectivity index (χ3v) is 4.23. The molecule has 4 heteroatoms. The zero-order valence-corrected chi connectivity index (χ0v) is 12.2. The highest BCUT2D eigenvalue weighted by Gasteiger charge is 2.28. The van der Waals surface area contributed by atoms with Crippen molar-refractivity contribution in [3.8, 4) is 0 Å². The van der Waals surface area contributed by atoms with Gasteiger partial charge in [-0.05, 0) is 56.5 Å². The van der Waals surface area contributed by atoms with E-state index in [0.717, 1.165) is 42.3 Å². The molecule has 1 fully saturated rings. The minimum absolute atomic E-state index is 0.124. The van der Waals surface area contributed by atoms with Crippen molar-refractivity contribution in [1.29, 1.82) is 0 Å². The molecule has 1 amide bonds. The summed E-state index contributed by atoms with van der Waals surface area (Å²) in [6.07, 6.45) is 6.08. The highest BCUT2D eigenvalue weighted by molar-refractivity contribution is 5.98. The van der Waals surface area contributed by atoms with Crippen molar-refractivity contribution in [3.63, 3.8) is 0 Å². The Hall–Kier alpha value is -1.94. The normalized spacial score (nSPS) is 14.9. The molecule has 2 aromatic rings. The van der Waals surface area contributed by atoms with Gasteiger partial charge in [0.05, 0.1) is 5.52 Å². The van der Waals surface area contributed by atoms with Crippen LogP contribution in [-0.2, 0) is 0 Å². The Bertz CT molecular complexity index is 637. The lowest BCUT2D eigenvalue weighted by Gasteiger charge is -2.37. The van der Waals surface area contributed by atoms with Crippen molar-refractivity contribution >= 4 is 16.8 Å². The van der Waals surface area contributed by atoms with Gasteiger partial charge >= 0.3 is 0 Å². The molecule has 110 valence electrons. The Balaban J connectivity index is 1.85. The van der Waals surface area contributed by atoms with E-state index in [1.807, 2.05) is 35.2 Å². The lowest BCUT2D eigenvalue weighted by Crippen LogP contribution is -2.45. The Labute approximate surface area is 125 Å². The molecule has 1 aromatic heterocycles. The summed E-state index contributed by atoms with van der Waals surface area (Å²) in [4.78, 5) is 19.1. The molecule has 1 aliphatic carbocycles. The maximum Gasteiger partial charge on any atom is 0.254 e. The monoisotopic (exact) mass is 283 g/mol. The van der Waals surface area contributed by atoms with Gasteiger partial charge in [0, 0.05) is 29.7 Å². The van der Waals surface area contributed by atoms with Crippen LogP contribution >= 0.6 is 0 Å². The van der Waals surface area contributed by atoms with Gasteiger partial charge in [0.1, 0.15) is 0 Å². The van der Waals surface area contributed by atoms with Crippen molar-refractivity contribution in [3.05, 3.63) is 42.1 Å². The second-order valence-electron chi connectivity index (χ2n) is 5.64. The summed E-state index contributed by atoms with van der Waals surface area (Å²) in [5.74, 6) is 0.124. The molecule has 1 heterocycles. The molecular weight excluding hydrogens is 262 g/mol. The molecule has 2 N–H and O–H groups in total. The molecule has 1 aromatic carbocycles. The van der Waals surface area contributed by atoms with E-state index in [9.17, 15) is 4.79 Å². The van der Waals surface area contributed by atoms with E-state index in [2.05, 4.69) is 4.98 Å². The molecular formula is C17H21N3O. The third kappa shape index (κ3) is 2.90. The van der Waals surface area contributed by atoms with Crippen molar-refractivity contribution in [2.45, 2.75) is 31.7 Å². The maximum absolute atomic E-state index is 12.8. The number of carbonyl (C=O) groups excluding carboxylic acids is 1. The number of pyridine rings is 1. The van der Waals surface area contributed by atoms with Gasteiger partial charge in [-0.15, -0.1) is 0 Å². The van der Waals surface area contributed by atoms with Crippen molar-refractivity contribution in [2.24, 2.45) is 5.73 Å². The second kappa shape index (κ2) is 6.22. The first-order valence-corrected chi connectivity index (χ1v) is 7.65. The van der Waals surface area contributed by atoms with Crippen LogP contribution in [0, 0.1) is 0 Å². The van der Waals surface area contributed by atoms with Gasteiger partial charge < -0.3 is 10.6 Å². The standard InChI is InChI=1S/C17H21N3O/c18-9-3-11-20(15-5-1-6-15)17(21)14-7-8-16-13(12-14)4-2-10-19-16/h2,4,7-8,10,12,15H,1,3,5-6,9,11,18H2. The highest BCUT2D eigenvalue weighted by Crippen LogP contribution is 2.27. The largest absolute Gasteiger partial charge is 0.336 e. The first-order chi connectivity index (χ1) is 10.3. The van der Waals surface area contributed by atoms with Crippen molar-refractivity contribution < 1.29 is 4.79 Å². The molecule has 0 spiro atoms. The predicted molar refractivity (Wildman–Crippen MR) is 84.1 cm³/mol. The lowest BCUT2D eigenvalue weighted by atomic mass is 9.90. The SMILES string of the molecule is NCCCN(C(=O)c1ccc2ncccc2c1)C1CCC1. The molecule has 4 nitrogen and oxygen atoms in total. The minimum atomic E-state index is 0.124. The number of hydrogen-bond donors (Lipinski definition) is 1. The summed E-state index contributed by atoms with van der Waals surface area (Å²) >= 11 is 0. The van der Waals surface area contributed by atoms with Gasteiger partial charge in [0.25, 0.3) is 5.91 Å². The number of nitrogens with zero attached hydrogens (tertiary/aromatic N) is 2. The molecule has 21 heavy (non-hydrogen) atoms. The van der Waals surface area contributed by atoms with Crippen molar-refractivity contribution in [2.75, 3.05) is 13.1 Å². The Kier molecular flexibility index (Phi) is 4.15. The van der Waals surface area contributed by atoms with Gasteiger partial charge in [-0.25, -0.2) is 0 Å². The zero-order chi connectivity index (χ0) is 14.7. The zero-order valence-electron chi connectivity index (χ0n) is 12.2. The average molecular weight is 283 g/mol. The number of hydrogen-bond acceptors (Lipinski definition) is 3. The van der Waals surface area contributed by atoms with Crippen LogP contribution < -0.4 is 5.73 Å². The quantitative estimate of drug-likeness (QED) is 0.917. The first-order valence-electron chi connectivity index (χ1n) is 7.65. The summed E-state index contributed by atoms with van der Waals surface area (Å²) in [7, 11) is 0. The maximum atomic E-state index is 12.8. The number of nitrogens with two attached hydrogens (primary N) is 1. The average Bonchev–Trinajstić information content (AvgIpc) is 2.48. The van der Waals surface area contributed by atoms with Crippen molar-refractivity contribution in [1.82, 2.24) is 9.88 Å². The molecule has 0 aliphatic heterocycles. The topological polar surface area (TPSA) is 59.2 Å². The van der Waals surface area contributed by atoms with Crippen LogP contribution in [0.2, 0.25) is 0 Å². The van der Waals surface area contributed by atoms with Gasteiger partial charge in [-0.1, -0.05) is 6.07 Å². The Morgan fingerprint density at radius 3 is 2.90 bits per heavy atom. The Morgan fingerprint density at radius 1 is 1.33 bits per heavy atom. The predicted octanol–water partition coefficient (Wildman–Crippen LogP) is 2.58. The van der Waals surface area contributed by atoms with E-state index in [1.54, 1.807) is 6.20 Å². The third-order valence-electron chi connectivity index (χ3n) is 4.23. The van der Waals surface area contributed by atoms with E-state index in [0.29, 0.717) is 12.6 Å². The molecule has 0 radical (unpaired) electrons. The van der Waals surface area contributed by atoms with E-state index in [4.69, 9.17) is 5.73 Å². The van der Waals surface area contributed by atoms with Crippen LogP contribution in [-0.4, -0.2) is 34.9 Å². The molecule has 1 aliphatic rings. The van der Waals surface area contributed by atoms with E-state index in [-0.39, 0.29) is 5.91 Å². The molecule has 0 saturated heterocycles. The second-order valence-corrected chi connectivity index (χ2v) is 5.64. The Morgan fingerprint density at radius 2 is 2.19 bits per heavy atom. The van der Waals surface area contributed by atoms with Gasteiger partial charge in [0.2, 0.25) is 0 Å². The number of rotatable bonds is 5. The fourth-order valence-electron chi connectivity index (χ4n) is 2.78. The summed E-state index contributed by atoms with van der Waals surface area (Å²) in [5.41, 5.74) is 7.28. The molecule has 0 bridgehead atoms. The lowest BCUT2D eigenvalue weighted by molar-refractivity contribution is 0.0578. The minimum Gasteiger partial charge on any atom is -0.336 e. The van der Waals surface area contributed by atoms with Gasteiger partial charge in [-0.3, -0.25) is 9.78 Å². The van der Waals surface area contributed by atoms with Crippen LogP contribution in [0.15, 0.2) is 36.5 Å². The van der Waals surface area contributed by atoms with Crippen LogP contribution in [0.1, 0.15) is 36.0 Å². The van der Waals surface area contributed by atoms with Gasteiger partial charge in [-0.2, -0.15) is 0 Å². The van der Waals surface area contributed by atoms with Crippen LogP contribution in [0.25, 0.3) is 10.9 Å².